The number of fused-ring (bicyclic) bond motifs is 1. The first-order valence-electron chi connectivity index (χ1n) is 14.0. The zero-order valence-electron chi connectivity index (χ0n) is 23.0. The topological polar surface area (TPSA) is 129 Å². The van der Waals surface area contributed by atoms with E-state index in [0.717, 1.165) is 41.9 Å². The van der Waals surface area contributed by atoms with Crippen molar-refractivity contribution in [2.45, 2.75) is 44.9 Å². The highest BCUT2D eigenvalue weighted by Crippen LogP contribution is 2.36. The fraction of sp³-hybridized carbons (Fsp3) is 0.250. The van der Waals surface area contributed by atoms with Gasteiger partial charge in [0.25, 0.3) is 5.91 Å². The molecule has 1 aliphatic carbocycles. The normalized spacial score (nSPS) is 17.0. The molecule has 1 N–H and O–H groups in total. The van der Waals surface area contributed by atoms with Gasteiger partial charge < -0.3 is 0 Å². The molecule has 0 radical (unpaired) electrons. The molecule has 0 saturated heterocycles. The van der Waals surface area contributed by atoms with E-state index in [2.05, 4.69) is 14.7 Å². The fourth-order valence-electron chi connectivity index (χ4n) is 5.82. The maximum atomic E-state index is 14.5. The summed E-state index contributed by atoms with van der Waals surface area (Å²) in [6.45, 7) is 1.34. The number of rotatable bonds is 7. The van der Waals surface area contributed by atoms with E-state index in [4.69, 9.17) is 5.10 Å². The lowest BCUT2D eigenvalue weighted by atomic mass is 9.84. The van der Waals surface area contributed by atoms with Gasteiger partial charge in [0.15, 0.2) is 5.82 Å². The second-order valence-electron chi connectivity index (χ2n) is 10.6. The predicted molar refractivity (Wildman–Crippen MR) is 155 cm³/mol. The maximum Gasteiger partial charge on any atom is 0.439 e. The molecule has 212 valence electrons. The van der Waals surface area contributed by atoms with Crippen LogP contribution in [0.5, 0.6) is 0 Å². The van der Waals surface area contributed by atoms with Gasteiger partial charge in [-0.25, -0.2) is 4.79 Å². The standard InChI is InChI=1S/C32H29N5O5/c1-20(38)36(24-15-9-14-23(18-24)30-33-32(41)42-35-30)37-31(40)27(19-28(39)21-10-5-6-11-21)25-16-7-8-17-26(25)29(34-37)22-12-3-2-4-13-22/h2-4,7-9,12-18,21,27H,5-6,10-11,19H2,1H3,(H,33,35,41). The van der Waals surface area contributed by atoms with Crippen LogP contribution in [0.4, 0.5) is 5.69 Å². The van der Waals surface area contributed by atoms with Crippen molar-refractivity contribution in [3.8, 4) is 11.4 Å². The Balaban J connectivity index is 1.50. The van der Waals surface area contributed by atoms with Gasteiger partial charge in [-0.2, -0.15) is 5.01 Å². The molecule has 3 aromatic carbocycles. The number of carbonyl (C=O) groups is 3. The lowest BCUT2D eigenvalue weighted by Crippen LogP contribution is -2.48. The number of aromatic amines is 1. The highest BCUT2D eigenvalue weighted by molar-refractivity contribution is 6.16. The van der Waals surface area contributed by atoms with Crippen molar-refractivity contribution in [3.63, 3.8) is 0 Å². The van der Waals surface area contributed by atoms with Crippen LogP contribution in [0.3, 0.4) is 0 Å². The van der Waals surface area contributed by atoms with Gasteiger partial charge in [0.2, 0.25) is 5.91 Å². The molecule has 1 aliphatic heterocycles. The number of carbonyl (C=O) groups excluding carboxylic acids is 3. The number of Topliss-reactive ketones (excluding diaryl/α,β-unsaturated/α-hetero) is 1. The molecule has 2 amide bonds. The summed E-state index contributed by atoms with van der Waals surface area (Å²) in [7, 11) is 0. The number of amides is 2. The third-order valence-corrected chi connectivity index (χ3v) is 7.84. The molecule has 2 heterocycles. The second-order valence-corrected chi connectivity index (χ2v) is 10.6. The van der Waals surface area contributed by atoms with E-state index < -0.39 is 23.5 Å². The Morgan fingerprint density at radius 2 is 1.67 bits per heavy atom. The number of hydrogen-bond donors (Lipinski definition) is 1. The predicted octanol–water partition coefficient (Wildman–Crippen LogP) is 4.83. The van der Waals surface area contributed by atoms with E-state index in [1.165, 1.54) is 11.9 Å². The number of nitrogens with zero attached hydrogens (tertiary/aromatic N) is 4. The number of hydrazine groups is 1. The van der Waals surface area contributed by atoms with Crippen molar-refractivity contribution in [3.05, 3.63) is 106 Å². The first-order valence-corrected chi connectivity index (χ1v) is 14.0. The number of hydrazone groups is 1. The van der Waals surface area contributed by atoms with Gasteiger partial charge in [0.1, 0.15) is 11.5 Å². The number of H-pyrrole nitrogens is 1. The Hall–Kier alpha value is -5.12. The quantitative estimate of drug-likeness (QED) is 0.343. The molecule has 0 bridgehead atoms. The molecule has 10 heteroatoms. The molecule has 0 spiro atoms. The highest BCUT2D eigenvalue weighted by Gasteiger charge is 2.39. The number of anilines is 1. The summed E-state index contributed by atoms with van der Waals surface area (Å²) >= 11 is 0. The van der Waals surface area contributed by atoms with Gasteiger partial charge in [0, 0.05) is 36.0 Å². The van der Waals surface area contributed by atoms with Crippen LogP contribution in [0.2, 0.25) is 0 Å². The molecule has 42 heavy (non-hydrogen) atoms. The summed E-state index contributed by atoms with van der Waals surface area (Å²) in [5.41, 5.74) is 3.45. The molecule has 1 unspecified atom stereocenters. The average Bonchev–Trinajstić information content (AvgIpc) is 3.69. The summed E-state index contributed by atoms with van der Waals surface area (Å²) in [6, 6.07) is 23.5. The molecule has 10 nitrogen and oxygen atoms in total. The Bertz CT molecular complexity index is 1730. The summed E-state index contributed by atoms with van der Waals surface area (Å²) < 4.78 is 4.65. The monoisotopic (exact) mass is 563 g/mol. The first-order chi connectivity index (χ1) is 20.4. The van der Waals surface area contributed by atoms with E-state index in [1.54, 1.807) is 24.3 Å². The van der Waals surface area contributed by atoms with Gasteiger partial charge in [-0.3, -0.25) is 23.9 Å². The van der Waals surface area contributed by atoms with Crippen LogP contribution in [0.25, 0.3) is 11.4 Å². The number of ketones is 1. The minimum Gasteiger partial charge on any atom is -0.299 e. The van der Waals surface area contributed by atoms with Crippen LogP contribution in [-0.2, 0) is 14.4 Å². The van der Waals surface area contributed by atoms with Crippen LogP contribution < -0.4 is 10.8 Å². The number of hydrogen-bond acceptors (Lipinski definition) is 7. The van der Waals surface area contributed by atoms with Crippen molar-refractivity contribution >= 4 is 29.0 Å². The SMILES string of the molecule is CC(=O)N(c1cccc(-c2noc(=O)[nH]2)c1)N1N=C(c2ccccc2)c2ccccc2C(CC(=O)C2CCCC2)C1=O. The molecule has 1 aromatic heterocycles. The van der Waals surface area contributed by atoms with Crippen molar-refractivity contribution in [2.75, 3.05) is 5.01 Å². The van der Waals surface area contributed by atoms with Crippen molar-refractivity contribution in [1.29, 1.82) is 0 Å². The van der Waals surface area contributed by atoms with Crippen LogP contribution in [0.1, 0.15) is 61.6 Å². The van der Waals surface area contributed by atoms with E-state index in [0.29, 0.717) is 22.5 Å². The lowest BCUT2D eigenvalue weighted by Gasteiger charge is -2.32. The van der Waals surface area contributed by atoms with Crippen molar-refractivity contribution in [2.24, 2.45) is 11.0 Å². The Morgan fingerprint density at radius 1 is 0.952 bits per heavy atom. The number of aromatic nitrogens is 2. The Morgan fingerprint density at radius 3 is 2.38 bits per heavy atom. The fourth-order valence-corrected chi connectivity index (χ4v) is 5.82. The van der Waals surface area contributed by atoms with Gasteiger partial charge in [-0.15, -0.1) is 10.2 Å². The summed E-state index contributed by atoms with van der Waals surface area (Å²) in [4.78, 5) is 55.4. The van der Waals surface area contributed by atoms with E-state index in [9.17, 15) is 19.2 Å². The molecule has 1 atom stereocenters. The minimum absolute atomic E-state index is 0.0144. The third kappa shape index (κ3) is 5.18. The zero-order valence-corrected chi connectivity index (χ0v) is 23.0. The maximum absolute atomic E-state index is 14.5. The van der Waals surface area contributed by atoms with E-state index in [-0.39, 0.29) is 23.9 Å². The summed E-state index contributed by atoms with van der Waals surface area (Å²) in [5.74, 6) is -2.38. The van der Waals surface area contributed by atoms with E-state index in [1.807, 2.05) is 54.6 Å². The summed E-state index contributed by atoms with van der Waals surface area (Å²) in [5, 5.41) is 10.8. The molecule has 1 fully saturated rings. The van der Waals surface area contributed by atoms with Crippen LogP contribution in [-0.4, -0.2) is 38.6 Å². The second kappa shape index (κ2) is 11.4. The van der Waals surface area contributed by atoms with Gasteiger partial charge >= 0.3 is 5.76 Å². The molecule has 4 aromatic rings. The highest BCUT2D eigenvalue weighted by atomic mass is 16.5. The van der Waals surface area contributed by atoms with Crippen molar-refractivity contribution in [1.82, 2.24) is 15.3 Å². The molecular formula is C32H29N5O5. The third-order valence-electron chi connectivity index (χ3n) is 7.84. The average molecular weight is 564 g/mol. The lowest BCUT2D eigenvalue weighted by molar-refractivity contribution is -0.139. The minimum atomic E-state index is -0.851. The van der Waals surface area contributed by atoms with Gasteiger partial charge in [0.05, 0.1) is 11.6 Å². The van der Waals surface area contributed by atoms with Gasteiger partial charge in [-0.05, 0) is 30.5 Å². The molecule has 6 rings (SSSR count). The number of nitrogens with one attached hydrogen (secondary N) is 1. The zero-order chi connectivity index (χ0) is 29.2. The molecular weight excluding hydrogens is 534 g/mol. The Kier molecular flexibility index (Phi) is 7.35. The number of benzene rings is 3. The van der Waals surface area contributed by atoms with Crippen molar-refractivity contribution < 1.29 is 18.9 Å². The molecule has 2 aliphatic rings. The molecule has 1 saturated carbocycles. The van der Waals surface area contributed by atoms with Crippen LogP contribution in [0, 0.1) is 5.92 Å². The van der Waals surface area contributed by atoms with Crippen LogP contribution in [0.15, 0.2) is 93.3 Å². The smallest absolute Gasteiger partial charge is 0.299 e. The largest absolute Gasteiger partial charge is 0.439 e. The summed E-state index contributed by atoms with van der Waals surface area (Å²) in [6.07, 6.45) is 3.68. The van der Waals surface area contributed by atoms with Gasteiger partial charge in [-0.1, -0.05) is 84.7 Å². The van der Waals surface area contributed by atoms with Crippen LogP contribution >= 0.6 is 0 Å². The van der Waals surface area contributed by atoms with E-state index >= 15 is 0 Å². The first kappa shape index (κ1) is 27.1. The Labute approximate surface area is 241 Å².